The standard InChI is InChI=1S/C10H16N4OS.ClH/c1-2-8-9(16-13-12-8)10(15)14-5-3-4-7(11)6-14;/h7H,2-6,11H2,1H3;1H. The third-order valence-corrected chi connectivity index (χ3v) is 3.59. The van der Waals surface area contributed by atoms with Crippen LogP contribution in [0.4, 0.5) is 0 Å². The van der Waals surface area contributed by atoms with E-state index in [4.69, 9.17) is 5.73 Å². The van der Waals surface area contributed by atoms with E-state index in [0.29, 0.717) is 11.4 Å². The van der Waals surface area contributed by atoms with Crippen LogP contribution in [0.5, 0.6) is 0 Å². The van der Waals surface area contributed by atoms with Crippen LogP contribution in [0.2, 0.25) is 0 Å². The molecule has 1 fully saturated rings. The molecule has 1 aromatic rings. The molecule has 0 aromatic carbocycles. The number of carbonyl (C=O) groups excluding carboxylic acids is 1. The Morgan fingerprint density at radius 2 is 2.41 bits per heavy atom. The van der Waals surface area contributed by atoms with Crippen LogP contribution in [0.15, 0.2) is 0 Å². The molecule has 1 amide bonds. The summed E-state index contributed by atoms with van der Waals surface area (Å²) in [4.78, 5) is 14.7. The fourth-order valence-electron chi connectivity index (χ4n) is 1.94. The van der Waals surface area contributed by atoms with Crippen LogP contribution in [-0.2, 0) is 6.42 Å². The van der Waals surface area contributed by atoms with Gasteiger partial charge in [0.25, 0.3) is 5.91 Å². The number of nitrogens with two attached hydrogens (primary N) is 1. The van der Waals surface area contributed by atoms with Gasteiger partial charge in [0.1, 0.15) is 4.88 Å². The summed E-state index contributed by atoms with van der Waals surface area (Å²) < 4.78 is 3.84. The van der Waals surface area contributed by atoms with Crippen LogP contribution in [0, 0.1) is 0 Å². The van der Waals surface area contributed by atoms with Gasteiger partial charge in [-0.1, -0.05) is 11.4 Å². The fraction of sp³-hybridized carbons (Fsp3) is 0.700. The van der Waals surface area contributed by atoms with Crippen LogP contribution in [0.25, 0.3) is 0 Å². The van der Waals surface area contributed by atoms with Gasteiger partial charge in [0, 0.05) is 19.1 Å². The summed E-state index contributed by atoms with van der Waals surface area (Å²) in [7, 11) is 0. The van der Waals surface area contributed by atoms with Gasteiger partial charge < -0.3 is 10.6 Å². The molecule has 1 aliphatic rings. The normalized spacial score (nSPS) is 19.9. The average Bonchev–Trinajstić information content (AvgIpc) is 2.76. The molecule has 17 heavy (non-hydrogen) atoms. The van der Waals surface area contributed by atoms with Gasteiger partial charge in [-0.3, -0.25) is 4.79 Å². The molecule has 0 aliphatic carbocycles. The second-order valence-electron chi connectivity index (χ2n) is 4.06. The molecule has 5 nitrogen and oxygen atoms in total. The highest BCUT2D eigenvalue weighted by molar-refractivity contribution is 7.08. The first kappa shape index (κ1) is 14.3. The Balaban J connectivity index is 0.00000144. The molecule has 0 radical (unpaired) electrons. The largest absolute Gasteiger partial charge is 0.336 e. The lowest BCUT2D eigenvalue weighted by molar-refractivity contribution is 0.0712. The Morgan fingerprint density at radius 3 is 3.06 bits per heavy atom. The molecule has 0 spiro atoms. The molecule has 0 bridgehead atoms. The SMILES string of the molecule is CCc1nnsc1C(=O)N1CCCC(N)C1.Cl. The zero-order valence-electron chi connectivity index (χ0n) is 9.76. The average molecular weight is 277 g/mol. The topological polar surface area (TPSA) is 72.1 Å². The van der Waals surface area contributed by atoms with Gasteiger partial charge in [-0.25, -0.2) is 0 Å². The van der Waals surface area contributed by atoms with Crippen LogP contribution >= 0.6 is 23.9 Å². The van der Waals surface area contributed by atoms with Gasteiger partial charge in [0.05, 0.1) is 5.69 Å². The van der Waals surface area contributed by atoms with Gasteiger partial charge in [-0.05, 0) is 30.8 Å². The molecule has 1 saturated heterocycles. The Morgan fingerprint density at radius 1 is 1.65 bits per heavy atom. The van der Waals surface area contributed by atoms with Crippen molar-refractivity contribution in [3.8, 4) is 0 Å². The van der Waals surface area contributed by atoms with E-state index >= 15 is 0 Å². The maximum Gasteiger partial charge on any atom is 0.267 e. The minimum atomic E-state index is 0. The monoisotopic (exact) mass is 276 g/mol. The van der Waals surface area contributed by atoms with E-state index < -0.39 is 0 Å². The van der Waals surface area contributed by atoms with Crippen LogP contribution in [-0.4, -0.2) is 39.5 Å². The van der Waals surface area contributed by atoms with E-state index in [2.05, 4.69) is 9.59 Å². The lowest BCUT2D eigenvalue weighted by Gasteiger charge is -2.30. The molecule has 1 unspecified atom stereocenters. The zero-order valence-corrected chi connectivity index (χ0v) is 11.4. The molecule has 1 aromatic heterocycles. The number of hydrogen-bond acceptors (Lipinski definition) is 5. The minimum Gasteiger partial charge on any atom is -0.336 e. The highest BCUT2D eigenvalue weighted by atomic mass is 35.5. The number of aromatic nitrogens is 2. The molecule has 2 rings (SSSR count). The number of halogens is 1. The number of hydrogen-bond donors (Lipinski definition) is 1. The second-order valence-corrected chi connectivity index (χ2v) is 4.81. The van der Waals surface area contributed by atoms with Gasteiger partial charge in [0.15, 0.2) is 0 Å². The number of piperidine rings is 1. The quantitative estimate of drug-likeness (QED) is 0.878. The highest BCUT2D eigenvalue weighted by Gasteiger charge is 2.25. The predicted octanol–water partition coefficient (Wildman–Crippen LogP) is 1.09. The number of aryl methyl sites for hydroxylation is 1. The van der Waals surface area contributed by atoms with Crippen molar-refractivity contribution in [2.24, 2.45) is 5.73 Å². The predicted molar refractivity (Wildman–Crippen MR) is 69.6 cm³/mol. The van der Waals surface area contributed by atoms with E-state index in [1.165, 1.54) is 11.5 Å². The van der Waals surface area contributed by atoms with Gasteiger partial charge in [0.2, 0.25) is 0 Å². The van der Waals surface area contributed by atoms with Crippen LogP contribution < -0.4 is 5.73 Å². The Bertz CT molecular complexity index is 384. The molecule has 2 heterocycles. The van der Waals surface area contributed by atoms with Crippen molar-refractivity contribution in [3.63, 3.8) is 0 Å². The first-order chi connectivity index (χ1) is 7.72. The van der Waals surface area contributed by atoms with Crippen molar-refractivity contribution in [2.45, 2.75) is 32.2 Å². The van der Waals surface area contributed by atoms with Crippen molar-refractivity contribution in [2.75, 3.05) is 13.1 Å². The number of rotatable bonds is 2. The van der Waals surface area contributed by atoms with Crippen molar-refractivity contribution in [1.82, 2.24) is 14.5 Å². The molecule has 2 N–H and O–H groups in total. The van der Waals surface area contributed by atoms with E-state index in [-0.39, 0.29) is 24.4 Å². The van der Waals surface area contributed by atoms with Gasteiger partial charge in [-0.15, -0.1) is 17.5 Å². The fourth-order valence-corrected chi connectivity index (χ4v) is 2.66. The lowest BCUT2D eigenvalue weighted by atomic mass is 10.1. The van der Waals surface area contributed by atoms with E-state index in [1.54, 1.807) is 0 Å². The molecule has 96 valence electrons. The van der Waals surface area contributed by atoms with Crippen molar-refractivity contribution in [3.05, 3.63) is 10.6 Å². The first-order valence-corrected chi connectivity index (χ1v) is 6.35. The Hall–Kier alpha value is -0.720. The summed E-state index contributed by atoms with van der Waals surface area (Å²) in [5, 5.41) is 3.96. The van der Waals surface area contributed by atoms with E-state index in [9.17, 15) is 4.79 Å². The van der Waals surface area contributed by atoms with E-state index in [0.717, 1.165) is 31.5 Å². The van der Waals surface area contributed by atoms with Crippen molar-refractivity contribution < 1.29 is 4.79 Å². The minimum absolute atomic E-state index is 0. The van der Waals surface area contributed by atoms with Gasteiger partial charge >= 0.3 is 0 Å². The van der Waals surface area contributed by atoms with Crippen LogP contribution in [0.1, 0.15) is 35.1 Å². The maximum absolute atomic E-state index is 12.2. The number of carbonyl (C=O) groups is 1. The molecule has 1 aliphatic heterocycles. The summed E-state index contributed by atoms with van der Waals surface area (Å²) in [6.45, 7) is 3.43. The van der Waals surface area contributed by atoms with Crippen molar-refractivity contribution >= 4 is 29.8 Å². The summed E-state index contributed by atoms with van der Waals surface area (Å²) in [5.41, 5.74) is 6.67. The Kier molecular flexibility index (Phi) is 5.30. The highest BCUT2D eigenvalue weighted by Crippen LogP contribution is 2.17. The number of nitrogens with zero attached hydrogens (tertiary/aromatic N) is 3. The molecular weight excluding hydrogens is 260 g/mol. The molecule has 1 atom stereocenters. The van der Waals surface area contributed by atoms with E-state index in [1.807, 2.05) is 11.8 Å². The number of likely N-dealkylation sites (tertiary alicyclic amines) is 1. The third kappa shape index (κ3) is 3.14. The van der Waals surface area contributed by atoms with Crippen molar-refractivity contribution in [1.29, 1.82) is 0 Å². The summed E-state index contributed by atoms with van der Waals surface area (Å²) in [5.74, 6) is 0.0435. The Labute approximate surface area is 111 Å². The lowest BCUT2D eigenvalue weighted by Crippen LogP contribution is -2.45. The smallest absolute Gasteiger partial charge is 0.267 e. The van der Waals surface area contributed by atoms with Gasteiger partial charge in [-0.2, -0.15) is 0 Å². The summed E-state index contributed by atoms with van der Waals surface area (Å²) in [6.07, 6.45) is 2.74. The molecule has 7 heteroatoms. The van der Waals surface area contributed by atoms with Crippen LogP contribution in [0.3, 0.4) is 0 Å². The summed E-state index contributed by atoms with van der Waals surface area (Å²) in [6, 6.07) is 0.114. The number of amides is 1. The maximum atomic E-state index is 12.2. The summed E-state index contributed by atoms with van der Waals surface area (Å²) >= 11 is 1.18. The molecular formula is C10H17ClN4OS. The first-order valence-electron chi connectivity index (χ1n) is 5.58. The second kappa shape index (κ2) is 6.28. The zero-order chi connectivity index (χ0) is 11.5. The molecule has 0 saturated carbocycles. The third-order valence-electron chi connectivity index (χ3n) is 2.83.